The van der Waals surface area contributed by atoms with Crippen molar-refractivity contribution >= 4 is 17.3 Å². The lowest BCUT2D eigenvalue weighted by Gasteiger charge is -2.03. The van der Waals surface area contributed by atoms with Gasteiger partial charge in [-0.3, -0.25) is 0 Å². The highest BCUT2D eigenvalue weighted by Crippen LogP contribution is 2.24. The molecule has 0 saturated carbocycles. The zero-order valence-corrected chi connectivity index (χ0v) is 9.07. The first kappa shape index (κ1) is 10.5. The Morgan fingerprint density at radius 1 is 1.25 bits per heavy atom. The second-order valence-corrected chi connectivity index (χ2v) is 3.72. The van der Waals surface area contributed by atoms with E-state index in [1.807, 2.05) is 24.3 Å². The van der Waals surface area contributed by atoms with Crippen LogP contribution in [-0.2, 0) is 0 Å². The molecular weight excluding hydrogens is 222 g/mol. The fourth-order valence-electron chi connectivity index (χ4n) is 1.40. The molecule has 0 atom stereocenters. The Hall–Kier alpha value is -2.05. The number of nitrogens with two attached hydrogens (primary N) is 1. The maximum absolute atomic E-state index is 8.71. The Morgan fingerprint density at radius 2 is 2.06 bits per heavy atom. The number of aromatic nitrogens is 1. The summed E-state index contributed by atoms with van der Waals surface area (Å²) < 4.78 is 0. The molecule has 16 heavy (non-hydrogen) atoms. The molecule has 0 aliphatic heterocycles. The number of nitrogen functional groups attached to an aromatic ring is 1. The molecule has 2 rings (SSSR count). The van der Waals surface area contributed by atoms with E-state index in [2.05, 4.69) is 4.98 Å². The van der Waals surface area contributed by atoms with Gasteiger partial charge in [0.1, 0.15) is 6.07 Å². The molecule has 0 aliphatic carbocycles. The van der Waals surface area contributed by atoms with E-state index in [9.17, 15) is 0 Å². The van der Waals surface area contributed by atoms with Gasteiger partial charge in [0, 0.05) is 16.8 Å². The average Bonchev–Trinajstić information content (AvgIpc) is 2.29. The molecular formula is C12H8ClN3. The van der Waals surface area contributed by atoms with E-state index in [0.717, 1.165) is 11.1 Å². The van der Waals surface area contributed by atoms with E-state index in [-0.39, 0.29) is 5.69 Å². The van der Waals surface area contributed by atoms with E-state index in [1.165, 1.54) is 0 Å². The third-order valence-electron chi connectivity index (χ3n) is 2.18. The smallest absolute Gasteiger partial charge is 0.163 e. The first-order valence-electron chi connectivity index (χ1n) is 4.62. The van der Waals surface area contributed by atoms with Crippen molar-refractivity contribution in [2.24, 2.45) is 0 Å². The highest BCUT2D eigenvalue weighted by molar-refractivity contribution is 6.30. The normalized spacial score (nSPS) is 9.75. The molecule has 0 saturated heterocycles. The Bertz CT molecular complexity index is 573. The molecule has 2 aromatic rings. The van der Waals surface area contributed by atoms with E-state index in [4.69, 9.17) is 22.6 Å². The molecule has 0 radical (unpaired) electrons. The van der Waals surface area contributed by atoms with Crippen molar-refractivity contribution in [2.45, 2.75) is 0 Å². The molecule has 0 amide bonds. The Morgan fingerprint density at radius 3 is 2.69 bits per heavy atom. The molecule has 1 heterocycles. The monoisotopic (exact) mass is 229 g/mol. The fraction of sp³-hybridized carbons (Fsp3) is 0. The summed E-state index contributed by atoms with van der Waals surface area (Å²) in [5, 5.41) is 9.36. The molecule has 1 aromatic carbocycles. The van der Waals surface area contributed by atoms with Crippen molar-refractivity contribution in [1.82, 2.24) is 4.98 Å². The van der Waals surface area contributed by atoms with E-state index in [1.54, 1.807) is 18.3 Å². The van der Waals surface area contributed by atoms with Crippen molar-refractivity contribution in [3.05, 3.63) is 47.2 Å². The topological polar surface area (TPSA) is 62.7 Å². The third kappa shape index (κ3) is 1.97. The minimum absolute atomic E-state index is 0.241. The number of rotatable bonds is 1. The first-order valence-corrected chi connectivity index (χ1v) is 5.00. The molecule has 0 bridgehead atoms. The molecule has 0 spiro atoms. The summed E-state index contributed by atoms with van der Waals surface area (Å²) in [4.78, 5) is 3.97. The Kier molecular flexibility index (Phi) is 2.76. The fourth-order valence-corrected chi connectivity index (χ4v) is 1.59. The van der Waals surface area contributed by atoms with Gasteiger partial charge < -0.3 is 5.73 Å². The van der Waals surface area contributed by atoms with Crippen molar-refractivity contribution in [3.8, 4) is 17.2 Å². The summed E-state index contributed by atoms with van der Waals surface area (Å²) in [6, 6.07) is 11.0. The van der Waals surface area contributed by atoms with Crippen LogP contribution in [0.4, 0.5) is 5.69 Å². The van der Waals surface area contributed by atoms with Crippen LogP contribution in [0.25, 0.3) is 11.1 Å². The van der Waals surface area contributed by atoms with Gasteiger partial charge in [0.2, 0.25) is 0 Å². The molecule has 1 aromatic heterocycles. The van der Waals surface area contributed by atoms with Crippen LogP contribution in [0.5, 0.6) is 0 Å². The largest absolute Gasteiger partial charge is 0.396 e. The average molecular weight is 230 g/mol. The maximum Gasteiger partial charge on any atom is 0.163 e. The molecule has 2 N–H and O–H groups in total. The molecule has 0 aliphatic rings. The lowest BCUT2D eigenvalue weighted by Crippen LogP contribution is -1.94. The van der Waals surface area contributed by atoms with E-state index in [0.29, 0.717) is 10.7 Å². The molecule has 0 fully saturated rings. The van der Waals surface area contributed by atoms with Crippen molar-refractivity contribution in [2.75, 3.05) is 5.73 Å². The summed E-state index contributed by atoms with van der Waals surface area (Å²) in [6.45, 7) is 0. The summed E-state index contributed by atoms with van der Waals surface area (Å²) in [5.41, 5.74) is 8.08. The number of nitriles is 1. The van der Waals surface area contributed by atoms with Crippen molar-refractivity contribution < 1.29 is 0 Å². The zero-order valence-electron chi connectivity index (χ0n) is 8.31. The number of anilines is 1. The van der Waals surface area contributed by atoms with Gasteiger partial charge in [-0.15, -0.1) is 0 Å². The van der Waals surface area contributed by atoms with Crippen LogP contribution in [0.1, 0.15) is 5.69 Å². The first-order chi connectivity index (χ1) is 7.70. The van der Waals surface area contributed by atoms with Gasteiger partial charge in [-0.2, -0.15) is 5.26 Å². The van der Waals surface area contributed by atoms with Crippen LogP contribution in [0.3, 0.4) is 0 Å². The van der Waals surface area contributed by atoms with Crippen molar-refractivity contribution in [1.29, 1.82) is 5.26 Å². The number of hydrogen-bond acceptors (Lipinski definition) is 3. The van der Waals surface area contributed by atoms with Crippen LogP contribution in [0.2, 0.25) is 5.02 Å². The lowest BCUT2D eigenvalue weighted by atomic mass is 10.1. The van der Waals surface area contributed by atoms with Crippen LogP contribution in [0.15, 0.2) is 36.5 Å². The van der Waals surface area contributed by atoms with Crippen LogP contribution >= 0.6 is 11.6 Å². The van der Waals surface area contributed by atoms with Crippen LogP contribution in [-0.4, -0.2) is 4.98 Å². The highest BCUT2D eigenvalue weighted by Gasteiger charge is 2.03. The summed E-state index contributed by atoms with van der Waals surface area (Å²) in [7, 11) is 0. The van der Waals surface area contributed by atoms with Crippen LogP contribution in [0, 0.1) is 11.3 Å². The predicted molar refractivity (Wildman–Crippen MR) is 63.8 cm³/mol. The molecule has 4 heteroatoms. The molecule has 78 valence electrons. The molecule has 0 unspecified atom stereocenters. The van der Waals surface area contributed by atoms with E-state index < -0.39 is 0 Å². The second kappa shape index (κ2) is 4.21. The van der Waals surface area contributed by atoms with Crippen LogP contribution < -0.4 is 5.73 Å². The summed E-state index contributed by atoms with van der Waals surface area (Å²) in [6.07, 6.45) is 1.61. The zero-order chi connectivity index (χ0) is 11.5. The number of benzene rings is 1. The number of pyridine rings is 1. The lowest BCUT2D eigenvalue weighted by molar-refractivity contribution is 1.27. The van der Waals surface area contributed by atoms with Gasteiger partial charge in [0.05, 0.1) is 5.69 Å². The SMILES string of the molecule is N#Cc1ncc(-c2cccc(Cl)c2)cc1N. The minimum Gasteiger partial charge on any atom is -0.396 e. The van der Waals surface area contributed by atoms with Gasteiger partial charge in [-0.1, -0.05) is 23.7 Å². The molecule has 3 nitrogen and oxygen atoms in total. The van der Waals surface area contributed by atoms with Gasteiger partial charge in [0.25, 0.3) is 0 Å². The number of hydrogen-bond donors (Lipinski definition) is 1. The summed E-state index contributed by atoms with van der Waals surface area (Å²) >= 11 is 5.89. The third-order valence-corrected chi connectivity index (χ3v) is 2.42. The number of halogens is 1. The Labute approximate surface area is 98.1 Å². The highest BCUT2D eigenvalue weighted by atomic mass is 35.5. The van der Waals surface area contributed by atoms with E-state index >= 15 is 0 Å². The van der Waals surface area contributed by atoms with Gasteiger partial charge in [-0.25, -0.2) is 4.98 Å². The maximum atomic E-state index is 8.71. The van der Waals surface area contributed by atoms with Crippen molar-refractivity contribution in [3.63, 3.8) is 0 Å². The second-order valence-electron chi connectivity index (χ2n) is 3.28. The summed E-state index contributed by atoms with van der Waals surface area (Å²) in [5.74, 6) is 0. The van der Waals surface area contributed by atoms with Gasteiger partial charge in [0.15, 0.2) is 5.69 Å². The quantitative estimate of drug-likeness (QED) is 0.818. The number of nitrogens with zero attached hydrogens (tertiary/aromatic N) is 2. The minimum atomic E-state index is 0.241. The van der Waals surface area contributed by atoms with Gasteiger partial charge in [-0.05, 0) is 23.8 Å². The van der Waals surface area contributed by atoms with Gasteiger partial charge >= 0.3 is 0 Å². The predicted octanol–water partition coefficient (Wildman–Crippen LogP) is 2.86. The standard InChI is InChI=1S/C12H8ClN3/c13-10-3-1-2-8(4-10)9-5-11(15)12(6-14)16-7-9/h1-5,7H,15H2. The Balaban J connectivity index is 2.50.